The lowest BCUT2D eigenvalue weighted by Crippen LogP contribution is -1.76. The summed E-state index contributed by atoms with van der Waals surface area (Å²) in [6, 6.07) is 0. The lowest BCUT2D eigenvalue weighted by atomic mass is 10.2. The van der Waals surface area contributed by atoms with E-state index in [1.54, 1.807) is 0 Å². The molecule has 0 saturated heterocycles. The molecule has 0 atom stereocenters. The predicted molar refractivity (Wildman–Crippen MR) is 76.1 cm³/mol. The van der Waals surface area contributed by atoms with Crippen LogP contribution in [-0.2, 0) is 0 Å². The van der Waals surface area contributed by atoms with Gasteiger partial charge in [-0.05, 0) is 38.5 Å². The number of hydrogen-bond acceptors (Lipinski definition) is 0. The van der Waals surface area contributed by atoms with Crippen molar-refractivity contribution in [1.29, 1.82) is 0 Å². The Balaban J connectivity index is 3.21. The van der Waals surface area contributed by atoms with Crippen molar-refractivity contribution in [2.45, 2.75) is 51.9 Å². The fourth-order valence-corrected chi connectivity index (χ4v) is 1.54. The van der Waals surface area contributed by atoms with Crippen molar-refractivity contribution in [2.75, 3.05) is 5.88 Å². The molecule has 0 aromatic rings. The summed E-state index contributed by atoms with van der Waals surface area (Å²) < 4.78 is 0. The maximum atomic E-state index is 5.60. The molecule has 0 aromatic carbocycles. The molecule has 0 aliphatic rings. The van der Waals surface area contributed by atoms with Gasteiger partial charge >= 0.3 is 0 Å². The van der Waals surface area contributed by atoms with Crippen LogP contribution in [0.25, 0.3) is 0 Å². The maximum absolute atomic E-state index is 5.60. The van der Waals surface area contributed by atoms with Crippen LogP contribution in [0.1, 0.15) is 51.9 Å². The van der Waals surface area contributed by atoms with Crippen LogP contribution in [0.3, 0.4) is 0 Å². The Morgan fingerprint density at radius 1 is 0.750 bits per heavy atom. The van der Waals surface area contributed by atoms with Gasteiger partial charge in [0.05, 0.1) is 0 Å². The second-order valence-electron chi connectivity index (χ2n) is 3.85. The standard InChI is InChI=1S/C15H25Cl/c1-2-3-4-5-6-7-8-9-10-11-12-13-14-15-16/h3-6,9-10H,2,7-8,11-15H2,1H3/b4-3+,6-5+,10-9+. The minimum absolute atomic E-state index is 0.805. The van der Waals surface area contributed by atoms with Gasteiger partial charge in [-0.25, -0.2) is 0 Å². The molecule has 0 saturated carbocycles. The van der Waals surface area contributed by atoms with Crippen molar-refractivity contribution in [3.63, 3.8) is 0 Å². The Morgan fingerprint density at radius 3 is 2.19 bits per heavy atom. The zero-order valence-corrected chi connectivity index (χ0v) is 11.3. The van der Waals surface area contributed by atoms with E-state index in [-0.39, 0.29) is 0 Å². The summed E-state index contributed by atoms with van der Waals surface area (Å²) in [5.41, 5.74) is 0. The Morgan fingerprint density at radius 2 is 1.44 bits per heavy atom. The van der Waals surface area contributed by atoms with Gasteiger partial charge in [-0.1, -0.05) is 49.8 Å². The zero-order chi connectivity index (χ0) is 11.9. The summed E-state index contributed by atoms with van der Waals surface area (Å²) in [6.45, 7) is 2.15. The molecule has 16 heavy (non-hydrogen) atoms. The molecule has 0 rings (SSSR count). The van der Waals surface area contributed by atoms with Crippen LogP contribution >= 0.6 is 11.6 Å². The van der Waals surface area contributed by atoms with Gasteiger partial charge in [-0.15, -0.1) is 11.6 Å². The van der Waals surface area contributed by atoms with Gasteiger partial charge in [0.15, 0.2) is 0 Å². The third kappa shape index (κ3) is 13.5. The molecule has 1 heteroatoms. The largest absolute Gasteiger partial charge is 0.127 e. The van der Waals surface area contributed by atoms with E-state index in [0.29, 0.717) is 0 Å². The highest BCUT2D eigenvalue weighted by Crippen LogP contribution is 2.03. The molecule has 92 valence electrons. The molecule has 0 heterocycles. The topological polar surface area (TPSA) is 0 Å². The first-order valence-electron chi connectivity index (χ1n) is 6.44. The molecule has 0 aliphatic heterocycles. The van der Waals surface area contributed by atoms with Crippen LogP contribution in [0.5, 0.6) is 0 Å². The summed E-state index contributed by atoms with van der Waals surface area (Å²) in [5.74, 6) is 0.805. The first-order chi connectivity index (χ1) is 7.91. The fourth-order valence-electron chi connectivity index (χ4n) is 1.35. The SMILES string of the molecule is CC/C=C/C=C/CC/C=C/CCCCCCl. The quantitative estimate of drug-likeness (QED) is 0.201. The molecular weight excluding hydrogens is 216 g/mol. The Hall–Kier alpha value is -0.490. The summed E-state index contributed by atoms with van der Waals surface area (Å²) in [7, 11) is 0. The van der Waals surface area contributed by atoms with Gasteiger partial charge in [0.2, 0.25) is 0 Å². The van der Waals surface area contributed by atoms with Crippen LogP contribution in [0.15, 0.2) is 36.5 Å². The van der Waals surface area contributed by atoms with Crippen LogP contribution in [-0.4, -0.2) is 5.88 Å². The smallest absolute Gasteiger partial charge is 0.0223 e. The molecule has 0 bridgehead atoms. The van der Waals surface area contributed by atoms with Crippen molar-refractivity contribution in [1.82, 2.24) is 0 Å². The Labute approximate surface area is 106 Å². The predicted octanol–water partition coefficient (Wildman–Crippen LogP) is 5.64. The number of alkyl halides is 1. The number of unbranched alkanes of at least 4 members (excludes halogenated alkanes) is 4. The lowest BCUT2D eigenvalue weighted by molar-refractivity contribution is 0.731. The molecule has 0 fully saturated rings. The number of hydrogen-bond donors (Lipinski definition) is 0. The van der Waals surface area contributed by atoms with E-state index in [9.17, 15) is 0 Å². The highest BCUT2D eigenvalue weighted by atomic mass is 35.5. The molecule has 0 aliphatic carbocycles. The van der Waals surface area contributed by atoms with E-state index < -0.39 is 0 Å². The van der Waals surface area contributed by atoms with E-state index in [1.807, 2.05) is 0 Å². The van der Waals surface area contributed by atoms with Crippen molar-refractivity contribution in [3.05, 3.63) is 36.5 Å². The first-order valence-corrected chi connectivity index (χ1v) is 6.98. The number of halogens is 1. The fraction of sp³-hybridized carbons (Fsp3) is 0.600. The van der Waals surface area contributed by atoms with Gasteiger partial charge < -0.3 is 0 Å². The zero-order valence-electron chi connectivity index (χ0n) is 10.5. The van der Waals surface area contributed by atoms with Crippen LogP contribution < -0.4 is 0 Å². The van der Waals surface area contributed by atoms with E-state index >= 15 is 0 Å². The third-order valence-electron chi connectivity index (χ3n) is 2.29. The van der Waals surface area contributed by atoms with Gasteiger partial charge in [0.25, 0.3) is 0 Å². The minimum Gasteiger partial charge on any atom is -0.127 e. The van der Waals surface area contributed by atoms with Crippen LogP contribution in [0.2, 0.25) is 0 Å². The molecule has 0 N–H and O–H groups in total. The lowest BCUT2D eigenvalue weighted by Gasteiger charge is -1.93. The second-order valence-corrected chi connectivity index (χ2v) is 4.23. The second kappa shape index (κ2) is 14.5. The Kier molecular flexibility index (Phi) is 14.1. The van der Waals surface area contributed by atoms with Crippen molar-refractivity contribution in [2.24, 2.45) is 0 Å². The van der Waals surface area contributed by atoms with E-state index in [2.05, 4.69) is 43.4 Å². The van der Waals surface area contributed by atoms with Gasteiger partial charge in [0.1, 0.15) is 0 Å². The van der Waals surface area contributed by atoms with E-state index in [0.717, 1.165) is 31.6 Å². The van der Waals surface area contributed by atoms with Crippen molar-refractivity contribution >= 4 is 11.6 Å². The Bertz CT molecular complexity index is 201. The number of allylic oxidation sites excluding steroid dienone is 6. The number of rotatable bonds is 10. The highest BCUT2D eigenvalue weighted by Gasteiger charge is 1.84. The molecular formula is C15H25Cl. The summed E-state index contributed by atoms with van der Waals surface area (Å²) in [5, 5.41) is 0. The van der Waals surface area contributed by atoms with Gasteiger partial charge in [-0.3, -0.25) is 0 Å². The van der Waals surface area contributed by atoms with Crippen LogP contribution in [0.4, 0.5) is 0 Å². The first kappa shape index (κ1) is 15.5. The maximum Gasteiger partial charge on any atom is 0.0223 e. The molecule has 0 amide bonds. The van der Waals surface area contributed by atoms with Crippen molar-refractivity contribution < 1.29 is 0 Å². The molecule has 0 unspecified atom stereocenters. The monoisotopic (exact) mass is 240 g/mol. The normalized spacial score (nSPS) is 12.4. The molecule has 0 radical (unpaired) electrons. The summed E-state index contributed by atoms with van der Waals surface area (Å²) in [6.07, 6.45) is 21.6. The molecule has 0 aromatic heterocycles. The van der Waals surface area contributed by atoms with Gasteiger partial charge in [0, 0.05) is 5.88 Å². The summed E-state index contributed by atoms with van der Waals surface area (Å²) >= 11 is 5.60. The summed E-state index contributed by atoms with van der Waals surface area (Å²) in [4.78, 5) is 0. The van der Waals surface area contributed by atoms with Gasteiger partial charge in [-0.2, -0.15) is 0 Å². The van der Waals surface area contributed by atoms with E-state index in [1.165, 1.54) is 19.3 Å². The van der Waals surface area contributed by atoms with Crippen LogP contribution in [0, 0.1) is 0 Å². The van der Waals surface area contributed by atoms with E-state index in [4.69, 9.17) is 11.6 Å². The highest BCUT2D eigenvalue weighted by molar-refractivity contribution is 6.17. The van der Waals surface area contributed by atoms with Crippen molar-refractivity contribution in [3.8, 4) is 0 Å². The molecule has 0 spiro atoms. The minimum atomic E-state index is 0.805. The average molecular weight is 241 g/mol. The average Bonchev–Trinajstić information content (AvgIpc) is 2.31. The third-order valence-corrected chi connectivity index (χ3v) is 2.56. The molecule has 0 nitrogen and oxygen atoms in total.